The lowest BCUT2D eigenvalue weighted by Crippen LogP contribution is -2.33. The highest BCUT2D eigenvalue weighted by Crippen LogP contribution is 2.40. The number of alkyl halides is 1. The lowest BCUT2D eigenvalue weighted by molar-refractivity contribution is 0.0958. The molecule has 4 atom stereocenters. The van der Waals surface area contributed by atoms with Gasteiger partial charge in [-0.05, 0) is 31.1 Å². The van der Waals surface area contributed by atoms with Crippen LogP contribution in [-0.4, -0.2) is 16.0 Å². The molecule has 0 aromatic heterocycles. The quantitative estimate of drug-likeness (QED) is 0.486. The van der Waals surface area contributed by atoms with Crippen LogP contribution in [0.5, 0.6) is 0 Å². The minimum absolute atomic E-state index is 0.115. The summed E-state index contributed by atoms with van der Waals surface area (Å²) in [5.74, 6) is 1.47. The van der Waals surface area contributed by atoms with Crippen molar-refractivity contribution in [2.45, 2.75) is 30.2 Å². The molecule has 1 fully saturated rings. The number of allylic oxidation sites excluding steroid dienone is 2. The molecular weight excluding hydrogens is 204 g/mol. The van der Waals surface area contributed by atoms with Gasteiger partial charge in [0, 0.05) is 4.83 Å². The van der Waals surface area contributed by atoms with Gasteiger partial charge in [-0.1, -0.05) is 28.1 Å². The van der Waals surface area contributed by atoms with Crippen LogP contribution >= 0.6 is 15.9 Å². The van der Waals surface area contributed by atoms with Crippen molar-refractivity contribution in [2.75, 3.05) is 0 Å². The van der Waals surface area contributed by atoms with E-state index in [2.05, 4.69) is 28.1 Å². The van der Waals surface area contributed by atoms with Gasteiger partial charge in [-0.15, -0.1) is 0 Å². The molecule has 1 nitrogen and oxygen atoms in total. The van der Waals surface area contributed by atoms with Crippen molar-refractivity contribution < 1.29 is 5.11 Å². The highest BCUT2D eigenvalue weighted by Gasteiger charge is 2.34. The lowest BCUT2D eigenvalue weighted by Gasteiger charge is -2.32. The zero-order valence-electron chi connectivity index (χ0n) is 6.41. The summed E-state index contributed by atoms with van der Waals surface area (Å²) in [5, 5.41) is 9.55. The molecule has 0 aromatic rings. The van der Waals surface area contributed by atoms with E-state index in [1.807, 2.05) is 0 Å². The number of fused-ring (bicyclic) bond motifs is 1. The molecule has 2 rings (SSSR count). The van der Waals surface area contributed by atoms with E-state index < -0.39 is 0 Å². The highest BCUT2D eigenvalue weighted by molar-refractivity contribution is 9.09. The van der Waals surface area contributed by atoms with E-state index in [4.69, 9.17) is 0 Å². The normalized spacial score (nSPS) is 49.3. The van der Waals surface area contributed by atoms with E-state index in [1.165, 1.54) is 6.42 Å². The molecule has 2 aliphatic carbocycles. The zero-order valence-corrected chi connectivity index (χ0v) is 8.00. The summed E-state index contributed by atoms with van der Waals surface area (Å²) < 4.78 is 0. The third-order valence-corrected chi connectivity index (χ3v) is 3.87. The highest BCUT2D eigenvalue weighted by atomic mass is 79.9. The third-order valence-electron chi connectivity index (χ3n) is 2.89. The van der Waals surface area contributed by atoms with Gasteiger partial charge in [0.15, 0.2) is 0 Å². The second-order valence-electron chi connectivity index (χ2n) is 3.64. The second kappa shape index (κ2) is 2.91. The smallest absolute Gasteiger partial charge is 0.0668 e. The first kappa shape index (κ1) is 7.81. The molecule has 0 amide bonds. The maximum Gasteiger partial charge on any atom is 0.0668 e. The molecule has 0 heterocycles. The molecule has 11 heavy (non-hydrogen) atoms. The fraction of sp³-hybridized carbons (Fsp3) is 0.778. The van der Waals surface area contributed by atoms with E-state index >= 15 is 0 Å². The number of aliphatic hydroxyl groups is 1. The van der Waals surface area contributed by atoms with Gasteiger partial charge < -0.3 is 5.11 Å². The van der Waals surface area contributed by atoms with Crippen molar-refractivity contribution >= 4 is 15.9 Å². The first-order chi connectivity index (χ1) is 5.27. The van der Waals surface area contributed by atoms with Gasteiger partial charge in [0.05, 0.1) is 6.10 Å². The van der Waals surface area contributed by atoms with Gasteiger partial charge in [-0.25, -0.2) is 0 Å². The average molecular weight is 217 g/mol. The Balaban J connectivity index is 2.04. The van der Waals surface area contributed by atoms with Gasteiger partial charge in [0.1, 0.15) is 0 Å². The van der Waals surface area contributed by atoms with Crippen molar-refractivity contribution in [3.05, 3.63) is 12.2 Å². The first-order valence-corrected chi connectivity index (χ1v) is 5.17. The molecule has 1 saturated carbocycles. The SMILES string of the molecule is OC1CC2CC=CC2CC1Br. The maximum atomic E-state index is 9.55. The topological polar surface area (TPSA) is 20.2 Å². The van der Waals surface area contributed by atoms with Crippen LogP contribution in [0.4, 0.5) is 0 Å². The number of hydrogen-bond donors (Lipinski definition) is 1. The van der Waals surface area contributed by atoms with Gasteiger partial charge in [-0.3, -0.25) is 0 Å². The molecular formula is C9H13BrO. The molecule has 0 saturated heterocycles. The van der Waals surface area contributed by atoms with Crippen LogP contribution in [0.3, 0.4) is 0 Å². The minimum Gasteiger partial charge on any atom is -0.392 e. The Morgan fingerprint density at radius 2 is 2.18 bits per heavy atom. The molecule has 2 heteroatoms. The Bertz CT molecular complexity index is 178. The van der Waals surface area contributed by atoms with Gasteiger partial charge >= 0.3 is 0 Å². The van der Waals surface area contributed by atoms with Crippen molar-refractivity contribution in [3.8, 4) is 0 Å². The predicted molar refractivity (Wildman–Crippen MR) is 48.7 cm³/mol. The Kier molecular flexibility index (Phi) is 2.06. The summed E-state index contributed by atoms with van der Waals surface area (Å²) in [6.07, 6.45) is 7.73. The summed E-state index contributed by atoms with van der Waals surface area (Å²) in [5.41, 5.74) is 0. The standard InChI is InChI=1S/C9H13BrO/c10-8-4-6-2-1-3-7(6)5-9(8)11/h1-2,6-9,11H,3-5H2. The predicted octanol–water partition coefficient (Wildman–Crippen LogP) is 2.10. The van der Waals surface area contributed by atoms with Gasteiger partial charge in [-0.2, -0.15) is 0 Å². The van der Waals surface area contributed by atoms with E-state index in [-0.39, 0.29) is 6.10 Å². The molecule has 1 N–H and O–H groups in total. The van der Waals surface area contributed by atoms with Crippen LogP contribution < -0.4 is 0 Å². The number of halogens is 1. The van der Waals surface area contributed by atoms with Gasteiger partial charge in [0.25, 0.3) is 0 Å². The zero-order chi connectivity index (χ0) is 7.84. The maximum absolute atomic E-state index is 9.55. The number of hydrogen-bond acceptors (Lipinski definition) is 1. The van der Waals surface area contributed by atoms with Crippen molar-refractivity contribution in [1.82, 2.24) is 0 Å². The van der Waals surface area contributed by atoms with Crippen LogP contribution in [-0.2, 0) is 0 Å². The Morgan fingerprint density at radius 3 is 3.00 bits per heavy atom. The van der Waals surface area contributed by atoms with Gasteiger partial charge in [0.2, 0.25) is 0 Å². The Hall–Kier alpha value is 0.180. The molecule has 0 radical (unpaired) electrons. The number of aliphatic hydroxyl groups excluding tert-OH is 1. The van der Waals surface area contributed by atoms with E-state index in [0.29, 0.717) is 4.83 Å². The fourth-order valence-electron chi connectivity index (χ4n) is 2.18. The molecule has 0 spiro atoms. The fourth-order valence-corrected chi connectivity index (χ4v) is 2.82. The molecule has 0 bridgehead atoms. The van der Waals surface area contributed by atoms with Crippen LogP contribution in [0.2, 0.25) is 0 Å². The summed E-state index contributed by atoms with van der Waals surface area (Å²) in [6, 6.07) is 0. The molecule has 62 valence electrons. The van der Waals surface area contributed by atoms with Crippen LogP contribution in [0.15, 0.2) is 12.2 Å². The van der Waals surface area contributed by atoms with E-state index in [9.17, 15) is 5.11 Å². The number of rotatable bonds is 0. The monoisotopic (exact) mass is 216 g/mol. The minimum atomic E-state index is -0.115. The van der Waals surface area contributed by atoms with Crippen molar-refractivity contribution in [2.24, 2.45) is 11.8 Å². The van der Waals surface area contributed by atoms with Crippen LogP contribution in [0, 0.1) is 11.8 Å². The third kappa shape index (κ3) is 1.38. The van der Waals surface area contributed by atoms with Crippen LogP contribution in [0.1, 0.15) is 19.3 Å². The molecule has 0 aromatic carbocycles. The van der Waals surface area contributed by atoms with E-state index in [1.54, 1.807) is 0 Å². The van der Waals surface area contributed by atoms with Crippen molar-refractivity contribution in [1.29, 1.82) is 0 Å². The van der Waals surface area contributed by atoms with Crippen LogP contribution in [0.25, 0.3) is 0 Å². The largest absolute Gasteiger partial charge is 0.392 e. The summed E-state index contributed by atoms with van der Waals surface area (Å²) in [6.45, 7) is 0. The average Bonchev–Trinajstić information content (AvgIpc) is 2.36. The lowest BCUT2D eigenvalue weighted by atomic mass is 9.80. The summed E-state index contributed by atoms with van der Waals surface area (Å²) >= 11 is 3.51. The summed E-state index contributed by atoms with van der Waals surface area (Å²) in [4.78, 5) is 0.325. The summed E-state index contributed by atoms with van der Waals surface area (Å²) in [7, 11) is 0. The van der Waals surface area contributed by atoms with E-state index in [0.717, 1.165) is 24.7 Å². The molecule has 4 unspecified atom stereocenters. The Morgan fingerprint density at radius 1 is 1.36 bits per heavy atom. The Labute approximate surface area is 75.6 Å². The van der Waals surface area contributed by atoms with Crippen molar-refractivity contribution in [3.63, 3.8) is 0 Å². The molecule has 2 aliphatic rings. The first-order valence-electron chi connectivity index (χ1n) is 4.26. The molecule has 0 aliphatic heterocycles. The second-order valence-corrected chi connectivity index (χ2v) is 4.82.